The summed E-state index contributed by atoms with van der Waals surface area (Å²) in [6, 6.07) is 0. The zero-order chi connectivity index (χ0) is 24.1. The second kappa shape index (κ2) is 29.7. The number of carbonyl (C=O) groups is 1. The number of rotatable bonds is 29. The molecule has 0 saturated carbocycles. The third kappa shape index (κ3) is 29.6. The largest absolute Gasteiger partial charge is 0.300 e. The lowest BCUT2D eigenvalue weighted by molar-refractivity contribution is -0.119. The topological polar surface area (TPSA) is 17.1 Å². The van der Waals surface area contributed by atoms with Gasteiger partial charge in [-0.3, -0.25) is 4.79 Å². The summed E-state index contributed by atoms with van der Waals surface area (Å²) in [6.07, 6.45) is 39.1. The standard InChI is InChI=1S/C32H64O/c1-3-5-7-9-11-12-13-14-15-16-17-18-19-20-21-22-23-25-27-29-31-32(33)30-28-26-24-10-8-6-4-2/h3-31H2,1-2H3. The molecule has 0 saturated heterocycles. The van der Waals surface area contributed by atoms with Crippen LogP contribution >= 0.6 is 0 Å². The molecule has 0 unspecified atom stereocenters. The molecule has 0 rings (SSSR count). The average molecular weight is 465 g/mol. The van der Waals surface area contributed by atoms with Crippen molar-refractivity contribution in [2.24, 2.45) is 0 Å². The molecular formula is C32H64O. The van der Waals surface area contributed by atoms with Crippen LogP contribution in [0.2, 0.25) is 0 Å². The van der Waals surface area contributed by atoms with Crippen LogP contribution in [0.4, 0.5) is 0 Å². The predicted octanol–water partition coefficient (Wildman–Crippen LogP) is 11.9. The Bertz CT molecular complexity index is 362. The van der Waals surface area contributed by atoms with Gasteiger partial charge in [-0.05, 0) is 12.8 Å². The van der Waals surface area contributed by atoms with Crippen LogP contribution in [0.1, 0.15) is 200 Å². The third-order valence-corrected chi connectivity index (χ3v) is 7.37. The van der Waals surface area contributed by atoms with Crippen molar-refractivity contribution in [3.05, 3.63) is 0 Å². The molecule has 0 atom stereocenters. The first kappa shape index (κ1) is 32.7. The van der Waals surface area contributed by atoms with Gasteiger partial charge in [0.15, 0.2) is 0 Å². The van der Waals surface area contributed by atoms with E-state index in [2.05, 4.69) is 13.8 Å². The van der Waals surface area contributed by atoms with E-state index in [0.717, 1.165) is 25.7 Å². The van der Waals surface area contributed by atoms with Crippen LogP contribution in [-0.2, 0) is 4.79 Å². The molecule has 0 aromatic heterocycles. The van der Waals surface area contributed by atoms with E-state index >= 15 is 0 Å². The van der Waals surface area contributed by atoms with Crippen molar-refractivity contribution in [2.45, 2.75) is 200 Å². The fraction of sp³-hybridized carbons (Fsp3) is 0.969. The second-order valence-electron chi connectivity index (χ2n) is 10.9. The van der Waals surface area contributed by atoms with Crippen molar-refractivity contribution in [3.63, 3.8) is 0 Å². The zero-order valence-corrected chi connectivity index (χ0v) is 23.4. The number of Topliss-reactive ketones (excluding diaryl/α,β-unsaturated/α-hetero) is 1. The molecule has 33 heavy (non-hydrogen) atoms. The maximum Gasteiger partial charge on any atom is 0.132 e. The fourth-order valence-corrected chi connectivity index (χ4v) is 4.98. The second-order valence-corrected chi connectivity index (χ2v) is 10.9. The van der Waals surface area contributed by atoms with Crippen molar-refractivity contribution < 1.29 is 4.79 Å². The number of ketones is 1. The minimum absolute atomic E-state index is 0.519. The molecule has 198 valence electrons. The Hall–Kier alpha value is -0.330. The van der Waals surface area contributed by atoms with E-state index in [1.54, 1.807) is 0 Å². The maximum absolute atomic E-state index is 12.0. The lowest BCUT2D eigenvalue weighted by Crippen LogP contribution is -1.97. The van der Waals surface area contributed by atoms with Crippen LogP contribution in [0, 0.1) is 0 Å². The SMILES string of the molecule is CCCCCCCCCCCCCCCCCCCCCCC(=O)CCCCCCCCC. The van der Waals surface area contributed by atoms with Gasteiger partial charge in [-0.1, -0.05) is 174 Å². The van der Waals surface area contributed by atoms with Crippen LogP contribution in [-0.4, -0.2) is 5.78 Å². The van der Waals surface area contributed by atoms with Crippen LogP contribution in [0.5, 0.6) is 0 Å². The summed E-state index contributed by atoms with van der Waals surface area (Å²) in [7, 11) is 0. The van der Waals surface area contributed by atoms with Gasteiger partial charge in [-0.2, -0.15) is 0 Å². The Morgan fingerprint density at radius 2 is 0.485 bits per heavy atom. The minimum atomic E-state index is 0.519. The van der Waals surface area contributed by atoms with Crippen LogP contribution < -0.4 is 0 Å². The van der Waals surface area contributed by atoms with Crippen LogP contribution in [0.15, 0.2) is 0 Å². The molecule has 0 heterocycles. The molecule has 0 amide bonds. The van der Waals surface area contributed by atoms with Gasteiger partial charge in [-0.15, -0.1) is 0 Å². The van der Waals surface area contributed by atoms with Crippen LogP contribution in [0.25, 0.3) is 0 Å². The van der Waals surface area contributed by atoms with Gasteiger partial charge < -0.3 is 0 Å². The number of carbonyl (C=O) groups excluding carboxylic acids is 1. The molecule has 0 fully saturated rings. The Morgan fingerprint density at radius 3 is 0.697 bits per heavy atom. The molecule has 0 N–H and O–H groups in total. The highest BCUT2D eigenvalue weighted by Crippen LogP contribution is 2.15. The number of hydrogen-bond donors (Lipinski definition) is 0. The molecule has 0 aliphatic rings. The monoisotopic (exact) mass is 464 g/mol. The molecule has 1 heteroatoms. The van der Waals surface area contributed by atoms with E-state index in [1.807, 2.05) is 0 Å². The lowest BCUT2D eigenvalue weighted by Gasteiger charge is -2.04. The summed E-state index contributed by atoms with van der Waals surface area (Å²) in [5, 5.41) is 0. The summed E-state index contributed by atoms with van der Waals surface area (Å²) in [6.45, 7) is 4.56. The normalized spacial score (nSPS) is 11.3. The smallest absolute Gasteiger partial charge is 0.132 e. The van der Waals surface area contributed by atoms with Gasteiger partial charge in [-0.25, -0.2) is 0 Å². The number of hydrogen-bond acceptors (Lipinski definition) is 1. The van der Waals surface area contributed by atoms with Gasteiger partial charge in [0.2, 0.25) is 0 Å². The van der Waals surface area contributed by atoms with E-state index in [0.29, 0.717) is 5.78 Å². The third-order valence-electron chi connectivity index (χ3n) is 7.37. The molecule has 1 nitrogen and oxygen atoms in total. The van der Waals surface area contributed by atoms with Crippen LogP contribution in [0.3, 0.4) is 0 Å². The van der Waals surface area contributed by atoms with E-state index in [1.165, 1.54) is 161 Å². The van der Waals surface area contributed by atoms with Gasteiger partial charge in [0.1, 0.15) is 5.78 Å². The summed E-state index contributed by atoms with van der Waals surface area (Å²) in [5.74, 6) is 0.519. The first-order valence-electron chi connectivity index (χ1n) is 15.8. The minimum Gasteiger partial charge on any atom is -0.300 e. The first-order valence-corrected chi connectivity index (χ1v) is 15.8. The summed E-state index contributed by atoms with van der Waals surface area (Å²) in [5.41, 5.74) is 0. The fourth-order valence-electron chi connectivity index (χ4n) is 4.98. The Balaban J connectivity index is 3.10. The summed E-state index contributed by atoms with van der Waals surface area (Å²) >= 11 is 0. The van der Waals surface area contributed by atoms with E-state index in [-0.39, 0.29) is 0 Å². The van der Waals surface area contributed by atoms with E-state index in [4.69, 9.17) is 0 Å². The Morgan fingerprint density at radius 1 is 0.303 bits per heavy atom. The number of unbranched alkanes of at least 4 members (excludes halogenated alkanes) is 25. The van der Waals surface area contributed by atoms with Gasteiger partial charge >= 0.3 is 0 Å². The molecule has 0 spiro atoms. The highest BCUT2D eigenvalue weighted by molar-refractivity contribution is 5.78. The predicted molar refractivity (Wildman–Crippen MR) is 150 cm³/mol. The van der Waals surface area contributed by atoms with E-state index < -0.39 is 0 Å². The van der Waals surface area contributed by atoms with Gasteiger partial charge in [0.05, 0.1) is 0 Å². The highest BCUT2D eigenvalue weighted by Gasteiger charge is 2.02. The molecule has 0 aromatic carbocycles. The Kier molecular flexibility index (Phi) is 29.4. The first-order chi connectivity index (χ1) is 16.3. The zero-order valence-electron chi connectivity index (χ0n) is 23.4. The molecule has 0 radical (unpaired) electrons. The maximum atomic E-state index is 12.0. The summed E-state index contributed by atoms with van der Waals surface area (Å²) in [4.78, 5) is 12.0. The molecule has 0 aliphatic carbocycles. The van der Waals surface area contributed by atoms with Crippen molar-refractivity contribution >= 4 is 5.78 Å². The van der Waals surface area contributed by atoms with E-state index in [9.17, 15) is 4.79 Å². The van der Waals surface area contributed by atoms with Crippen molar-refractivity contribution in [1.82, 2.24) is 0 Å². The lowest BCUT2D eigenvalue weighted by atomic mass is 10.0. The van der Waals surface area contributed by atoms with Crippen molar-refractivity contribution in [2.75, 3.05) is 0 Å². The highest BCUT2D eigenvalue weighted by atomic mass is 16.1. The molecule has 0 bridgehead atoms. The molecular weight excluding hydrogens is 400 g/mol. The summed E-state index contributed by atoms with van der Waals surface area (Å²) < 4.78 is 0. The van der Waals surface area contributed by atoms with Gasteiger partial charge in [0.25, 0.3) is 0 Å². The Labute approximate surface area is 210 Å². The van der Waals surface area contributed by atoms with Crippen molar-refractivity contribution in [1.29, 1.82) is 0 Å². The molecule has 0 aromatic rings. The average Bonchev–Trinajstić information content (AvgIpc) is 2.82. The van der Waals surface area contributed by atoms with Gasteiger partial charge in [0, 0.05) is 12.8 Å². The quantitative estimate of drug-likeness (QED) is 0.101. The van der Waals surface area contributed by atoms with Crippen molar-refractivity contribution in [3.8, 4) is 0 Å². The molecule has 0 aliphatic heterocycles.